The molecule has 19 heavy (non-hydrogen) atoms. The van der Waals surface area contributed by atoms with Gasteiger partial charge in [-0.3, -0.25) is 4.79 Å². The standard InChI is InChI=1S/C17H19NO/c1-13-7-6-8-14(2)17(13)11-16(19)12-18-15-9-4-3-5-10-15/h3-10,18H,11-12H2,1-2H3. The molecule has 0 spiro atoms. The number of benzene rings is 2. The Balaban J connectivity index is 1.95. The van der Waals surface area contributed by atoms with Gasteiger partial charge in [-0.2, -0.15) is 0 Å². The molecule has 0 bridgehead atoms. The van der Waals surface area contributed by atoms with Crippen molar-refractivity contribution >= 4 is 11.5 Å². The maximum Gasteiger partial charge on any atom is 0.156 e. The van der Waals surface area contributed by atoms with E-state index in [9.17, 15) is 4.79 Å². The first-order chi connectivity index (χ1) is 9.16. The van der Waals surface area contributed by atoms with E-state index in [4.69, 9.17) is 0 Å². The van der Waals surface area contributed by atoms with Gasteiger partial charge in [-0.25, -0.2) is 0 Å². The third-order valence-electron chi connectivity index (χ3n) is 3.28. The number of anilines is 1. The average molecular weight is 253 g/mol. The minimum Gasteiger partial charge on any atom is -0.378 e. The smallest absolute Gasteiger partial charge is 0.156 e. The van der Waals surface area contributed by atoms with Gasteiger partial charge in [0.05, 0.1) is 6.54 Å². The maximum atomic E-state index is 12.0. The van der Waals surface area contributed by atoms with Gasteiger partial charge in [-0.05, 0) is 42.7 Å². The first-order valence-electron chi connectivity index (χ1n) is 6.52. The topological polar surface area (TPSA) is 29.1 Å². The van der Waals surface area contributed by atoms with Crippen molar-refractivity contribution in [2.45, 2.75) is 20.3 Å². The second kappa shape index (κ2) is 6.19. The normalized spacial score (nSPS) is 10.2. The lowest BCUT2D eigenvalue weighted by molar-refractivity contribution is -0.116. The van der Waals surface area contributed by atoms with Crippen LogP contribution in [0.5, 0.6) is 0 Å². The lowest BCUT2D eigenvalue weighted by Gasteiger charge is -2.10. The Morgan fingerprint density at radius 2 is 1.58 bits per heavy atom. The molecule has 0 atom stereocenters. The largest absolute Gasteiger partial charge is 0.378 e. The molecule has 98 valence electrons. The highest BCUT2D eigenvalue weighted by atomic mass is 16.1. The highest BCUT2D eigenvalue weighted by Crippen LogP contribution is 2.14. The van der Waals surface area contributed by atoms with E-state index in [2.05, 4.69) is 31.3 Å². The molecular formula is C17H19NO. The Bertz CT molecular complexity index is 540. The predicted molar refractivity (Wildman–Crippen MR) is 79.6 cm³/mol. The molecule has 0 radical (unpaired) electrons. The molecule has 0 amide bonds. The van der Waals surface area contributed by atoms with Crippen molar-refractivity contribution in [3.63, 3.8) is 0 Å². The van der Waals surface area contributed by atoms with Crippen LogP contribution >= 0.6 is 0 Å². The summed E-state index contributed by atoms with van der Waals surface area (Å²) in [4.78, 5) is 12.0. The van der Waals surface area contributed by atoms with Gasteiger partial charge in [-0.15, -0.1) is 0 Å². The molecule has 0 fully saturated rings. The number of Topliss-reactive ketones (excluding diaryl/α,β-unsaturated/α-hetero) is 1. The number of hydrogen-bond acceptors (Lipinski definition) is 2. The van der Waals surface area contributed by atoms with E-state index in [0.717, 1.165) is 11.3 Å². The molecule has 2 aromatic carbocycles. The molecule has 0 aliphatic heterocycles. The molecule has 0 aromatic heterocycles. The zero-order valence-corrected chi connectivity index (χ0v) is 11.4. The third kappa shape index (κ3) is 3.68. The van der Waals surface area contributed by atoms with Gasteiger partial charge < -0.3 is 5.32 Å². The SMILES string of the molecule is Cc1cccc(C)c1CC(=O)CNc1ccccc1. The highest BCUT2D eigenvalue weighted by molar-refractivity contribution is 5.85. The fraction of sp³-hybridized carbons (Fsp3) is 0.235. The van der Waals surface area contributed by atoms with Crippen molar-refractivity contribution in [1.82, 2.24) is 0 Å². The summed E-state index contributed by atoms with van der Waals surface area (Å²) in [6, 6.07) is 15.9. The molecule has 0 aliphatic rings. The number of rotatable bonds is 5. The van der Waals surface area contributed by atoms with Gasteiger partial charge in [0.25, 0.3) is 0 Å². The van der Waals surface area contributed by atoms with Crippen LogP contribution in [0.15, 0.2) is 48.5 Å². The summed E-state index contributed by atoms with van der Waals surface area (Å²) in [5.74, 6) is 0.209. The molecule has 0 saturated carbocycles. The van der Waals surface area contributed by atoms with Crippen LogP contribution in [0.2, 0.25) is 0 Å². The fourth-order valence-electron chi connectivity index (χ4n) is 2.14. The number of nitrogens with one attached hydrogen (secondary N) is 1. The van der Waals surface area contributed by atoms with Crippen molar-refractivity contribution in [2.24, 2.45) is 0 Å². The number of ketones is 1. The quantitative estimate of drug-likeness (QED) is 0.883. The molecule has 0 unspecified atom stereocenters. The van der Waals surface area contributed by atoms with E-state index in [0.29, 0.717) is 13.0 Å². The minimum atomic E-state index is 0.209. The molecule has 0 aliphatic carbocycles. The van der Waals surface area contributed by atoms with E-state index in [1.165, 1.54) is 11.1 Å². The Morgan fingerprint density at radius 3 is 2.21 bits per heavy atom. The van der Waals surface area contributed by atoms with Crippen molar-refractivity contribution in [1.29, 1.82) is 0 Å². The lowest BCUT2D eigenvalue weighted by Crippen LogP contribution is -2.17. The number of carbonyl (C=O) groups is 1. The van der Waals surface area contributed by atoms with E-state index in [1.807, 2.05) is 36.4 Å². The zero-order chi connectivity index (χ0) is 13.7. The summed E-state index contributed by atoms with van der Waals surface area (Å²) in [7, 11) is 0. The first kappa shape index (κ1) is 13.3. The molecule has 1 N–H and O–H groups in total. The predicted octanol–water partition coefficient (Wildman–Crippen LogP) is 3.53. The van der Waals surface area contributed by atoms with Crippen LogP contribution in [0.4, 0.5) is 5.69 Å². The van der Waals surface area contributed by atoms with Gasteiger partial charge in [-0.1, -0.05) is 36.4 Å². The Morgan fingerprint density at radius 1 is 0.947 bits per heavy atom. The lowest BCUT2D eigenvalue weighted by atomic mass is 9.98. The molecule has 0 saturated heterocycles. The van der Waals surface area contributed by atoms with Gasteiger partial charge in [0.2, 0.25) is 0 Å². The molecule has 2 aromatic rings. The average Bonchev–Trinajstić information content (AvgIpc) is 2.42. The van der Waals surface area contributed by atoms with E-state index in [1.54, 1.807) is 0 Å². The summed E-state index contributed by atoms with van der Waals surface area (Å²) < 4.78 is 0. The van der Waals surface area contributed by atoms with Crippen LogP contribution in [0.1, 0.15) is 16.7 Å². The van der Waals surface area contributed by atoms with Crippen LogP contribution in [0, 0.1) is 13.8 Å². The van der Waals surface area contributed by atoms with Crippen molar-refractivity contribution in [2.75, 3.05) is 11.9 Å². The second-order valence-corrected chi connectivity index (χ2v) is 4.81. The van der Waals surface area contributed by atoms with Crippen LogP contribution in [-0.4, -0.2) is 12.3 Å². The van der Waals surface area contributed by atoms with Gasteiger partial charge in [0, 0.05) is 12.1 Å². The third-order valence-corrected chi connectivity index (χ3v) is 3.28. The number of hydrogen-bond donors (Lipinski definition) is 1. The first-order valence-corrected chi connectivity index (χ1v) is 6.52. The maximum absolute atomic E-state index is 12.0. The van der Waals surface area contributed by atoms with E-state index in [-0.39, 0.29) is 5.78 Å². The van der Waals surface area contributed by atoms with Crippen molar-refractivity contribution in [3.05, 3.63) is 65.2 Å². The number of carbonyl (C=O) groups excluding carboxylic acids is 1. The van der Waals surface area contributed by atoms with Crippen molar-refractivity contribution < 1.29 is 4.79 Å². The van der Waals surface area contributed by atoms with Gasteiger partial charge in [0.1, 0.15) is 0 Å². The molecule has 2 heteroatoms. The summed E-state index contributed by atoms with van der Waals surface area (Å²) in [6.45, 7) is 4.48. The van der Waals surface area contributed by atoms with Crippen LogP contribution in [0.25, 0.3) is 0 Å². The van der Waals surface area contributed by atoms with Crippen LogP contribution in [0.3, 0.4) is 0 Å². The number of para-hydroxylation sites is 1. The molecule has 2 nitrogen and oxygen atoms in total. The monoisotopic (exact) mass is 253 g/mol. The fourth-order valence-corrected chi connectivity index (χ4v) is 2.14. The van der Waals surface area contributed by atoms with Gasteiger partial charge >= 0.3 is 0 Å². The summed E-state index contributed by atoms with van der Waals surface area (Å²) in [6.07, 6.45) is 0.498. The van der Waals surface area contributed by atoms with Crippen LogP contribution in [-0.2, 0) is 11.2 Å². The van der Waals surface area contributed by atoms with E-state index >= 15 is 0 Å². The zero-order valence-electron chi connectivity index (χ0n) is 11.4. The van der Waals surface area contributed by atoms with Crippen molar-refractivity contribution in [3.8, 4) is 0 Å². The summed E-state index contributed by atoms with van der Waals surface area (Å²) in [5.41, 5.74) is 4.51. The van der Waals surface area contributed by atoms with Crippen LogP contribution < -0.4 is 5.32 Å². The summed E-state index contributed by atoms with van der Waals surface area (Å²) in [5, 5.41) is 3.15. The Labute approximate surface area is 114 Å². The van der Waals surface area contributed by atoms with E-state index < -0.39 is 0 Å². The molecular weight excluding hydrogens is 234 g/mol. The van der Waals surface area contributed by atoms with Gasteiger partial charge in [0.15, 0.2) is 5.78 Å². The summed E-state index contributed by atoms with van der Waals surface area (Å²) >= 11 is 0. The highest BCUT2D eigenvalue weighted by Gasteiger charge is 2.08. The Kier molecular flexibility index (Phi) is 4.35. The minimum absolute atomic E-state index is 0.209. The second-order valence-electron chi connectivity index (χ2n) is 4.81. The Hall–Kier alpha value is -2.09. The number of aryl methyl sites for hydroxylation is 2. The molecule has 0 heterocycles. The molecule has 2 rings (SSSR count).